The Balaban J connectivity index is 1.67. The van der Waals surface area contributed by atoms with Gasteiger partial charge in [-0.2, -0.15) is 0 Å². The van der Waals surface area contributed by atoms with Crippen LogP contribution in [0.25, 0.3) is 0 Å². The summed E-state index contributed by atoms with van der Waals surface area (Å²) >= 11 is 0. The summed E-state index contributed by atoms with van der Waals surface area (Å²) in [5, 5.41) is 0. The van der Waals surface area contributed by atoms with Crippen LogP contribution >= 0.6 is 0 Å². The minimum atomic E-state index is 0.392. The van der Waals surface area contributed by atoms with Crippen LogP contribution in [0, 0.1) is 0 Å². The van der Waals surface area contributed by atoms with Crippen LogP contribution in [0.3, 0.4) is 0 Å². The Morgan fingerprint density at radius 3 is 3.07 bits per heavy atom. The third-order valence-corrected chi connectivity index (χ3v) is 2.78. The van der Waals surface area contributed by atoms with E-state index in [0.717, 1.165) is 38.9 Å². The Kier molecular flexibility index (Phi) is 3.50. The first-order valence-corrected chi connectivity index (χ1v) is 5.54. The molecule has 15 heavy (non-hydrogen) atoms. The summed E-state index contributed by atoms with van der Waals surface area (Å²) in [6, 6.07) is 0. The largest absolute Gasteiger partial charge is 0.337 e. The number of aryl methyl sites for hydroxylation is 1. The van der Waals surface area contributed by atoms with Crippen molar-refractivity contribution in [1.29, 1.82) is 0 Å². The number of piperidine rings is 1. The van der Waals surface area contributed by atoms with Crippen LogP contribution in [0.5, 0.6) is 0 Å². The molecule has 1 aliphatic rings. The van der Waals surface area contributed by atoms with E-state index in [1.807, 2.05) is 12.5 Å². The lowest BCUT2D eigenvalue weighted by atomic mass is 10.1. The highest BCUT2D eigenvalue weighted by Crippen LogP contribution is 2.06. The molecule has 82 valence electrons. The van der Waals surface area contributed by atoms with Crippen molar-refractivity contribution >= 4 is 5.78 Å². The van der Waals surface area contributed by atoms with Crippen molar-refractivity contribution in [2.45, 2.75) is 25.8 Å². The predicted molar refractivity (Wildman–Crippen MR) is 57.5 cm³/mol. The van der Waals surface area contributed by atoms with Crippen LogP contribution < -0.4 is 0 Å². The van der Waals surface area contributed by atoms with E-state index in [9.17, 15) is 4.79 Å². The second-order valence-corrected chi connectivity index (χ2v) is 4.07. The van der Waals surface area contributed by atoms with E-state index >= 15 is 0 Å². The van der Waals surface area contributed by atoms with E-state index in [1.54, 1.807) is 6.20 Å². The summed E-state index contributed by atoms with van der Waals surface area (Å²) < 4.78 is 2.08. The Labute approximate surface area is 89.9 Å². The molecule has 4 nitrogen and oxygen atoms in total. The van der Waals surface area contributed by atoms with Gasteiger partial charge in [-0.3, -0.25) is 9.69 Å². The molecule has 1 aromatic heterocycles. The number of carbonyl (C=O) groups excluding carboxylic acids is 1. The van der Waals surface area contributed by atoms with Gasteiger partial charge in [-0.1, -0.05) is 0 Å². The SMILES string of the molecule is O=C1CCCN(CCCn2ccnc2)C1. The molecule has 0 atom stereocenters. The zero-order chi connectivity index (χ0) is 10.5. The van der Waals surface area contributed by atoms with Crippen LogP contribution in [0.1, 0.15) is 19.3 Å². The van der Waals surface area contributed by atoms with Crippen LogP contribution in [-0.4, -0.2) is 39.9 Å². The standard InChI is InChI=1S/C11H17N3O/c15-11-3-1-5-13(9-11)6-2-7-14-8-4-12-10-14/h4,8,10H,1-3,5-7,9H2. The van der Waals surface area contributed by atoms with E-state index in [2.05, 4.69) is 14.5 Å². The molecule has 1 fully saturated rings. The second-order valence-electron chi connectivity index (χ2n) is 4.07. The third-order valence-electron chi connectivity index (χ3n) is 2.78. The summed E-state index contributed by atoms with van der Waals surface area (Å²) in [6.07, 6.45) is 8.50. The number of imidazole rings is 1. The number of carbonyl (C=O) groups is 1. The predicted octanol–water partition coefficient (Wildman–Crippen LogP) is 0.938. The van der Waals surface area contributed by atoms with Gasteiger partial charge in [-0.05, 0) is 19.4 Å². The lowest BCUT2D eigenvalue weighted by Crippen LogP contribution is -2.36. The summed E-state index contributed by atoms with van der Waals surface area (Å²) in [6.45, 7) is 3.74. The summed E-state index contributed by atoms with van der Waals surface area (Å²) in [7, 11) is 0. The van der Waals surface area contributed by atoms with Gasteiger partial charge in [0.05, 0.1) is 12.9 Å². The van der Waals surface area contributed by atoms with Crippen molar-refractivity contribution in [3.63, 3.8) is 0 Å². The first-order valence-electron chi connectivity index (χ1n) is 5.54. The maximum atomic E-state index is 11.2. The van der Waals surface area contributed by atoms with Crippen molar-refractivity contribution in [2.24, 2.45) is 0 Å². The lowest BCUT2D eigenvalue weighted by Gasteiger charge is -2.25. The molecule has 0 aromatic carbocycles. The van der Waals surface area contributed by atoms with E-state index in [4.69, 9.17) is 0 Å². The van der Waals surface area contributed by atoms with Gasteiger partial charge in [-0.25, -0.2) is 4.98 Å². The maximum Gasteiger partial charge on any atom is 0.146 e. The molecule has 0 bridgehead atoms. The number of hydrogen-bond acceptors (Lipinski definition) is 3. The van der Waals surface area contributed by atoms with Gasteiger partial charge >= 0.3 is 0 Å². The number of likely N-dealkylation sites (tertiary alicyclic amines) is 1. The molecule has 1 aromatic rings. The number of rotatable bonds is 4. The molecule has 0 spiro atoms. The summed E-state index contributed by atoms with van der Waals surface area (Å²) in [5.74, 6) is 0.392. The van der Waals surface area contributed by atoms with Crippen LogP contribution in [0.15, 0.2) is 18.7 Å². The van der Waals surface area contributed by atoms with Crippen molar-refractivity contribution in [1.82, 2.24) is 14.5 Å². The van der Waals surface area contributed by atoms with E-state index in [-0.39, 0.29) is 0 Å². The van der Waals surface area contributed by atoms with Crippen molar-refractivity contribution in [2.75, 3.05) is 19.6 Å². The van der Waals surface area contributed by atoms with E-state index < -0.39 is 0 Å². The number of Topliss-reactive ketones (excluding diaryl/α,β-unsaturated/α-hetero) is 1. The van der Waals surface area contributed by atoms with Gasteiger partial charge in [-0.15, -0.1) is 0 Å². The van der Waals surface area contributed by atoms with Crippen LogP contribution in [0.4, 0.5) is 0 Å². The first kappa shape index (κ1) is 10.4. The van der Waals surface area contributed by atoms with Crippen molar-refractivity contribution < 1.29 is 4.79 Å². The molecule has 4 heteroatoms. The average Bonchev–Trinajstić information content (AvgIpc) is 2.71. The van der Waals surface area contributed by atoms with Crippen molar-refractivity contribution in [3.05, 3.63) is 18.7 Å². The molecule has 0 amide bonds. The second kappa shape index (κ2) is 5.07. The van der Waals surface area contributed by atoms with Gasteiger partial charge in [0.15, 0.2) is 0 Å². The minimum Gasteiger partial charge on any atom is -0.337 e. The van der Waals surface area contributed by atoms with Gasteiger partial charge in [0.25, 0.3) is 0 Å². The van der Waals surface area contributed by atoms with E-state index in [1.165, 1.54) is 0 Å². The summed E-state index contributed by atoms with van der Waals surface area (Å²) in [5.41, 5.74) is 0. The number of aromatic nitrogens is 2. The highest BCUT2D eigenvalue weighted by Gasteiger charge is 2.15. The van der Waals surface area contributed by atoms with Crippen molar-refractivity contribution in [3.8, 4) is 0 Å². The Morgan fingerprint density at radius 2 is 2.33 bits per heavy atom. The fraction of sp³-hybridized carbons (Fsp3) is 0.636. The lowest BCUT2D eigenvalue weighted by molar-refractivity contribution is -0.122. The zero-order valence-electron chi connectivity index (χ0n) is 8.93. The van der Waals surface area contributed by atoms with Crippen LogP contribution in [-0.2, 0) is 11.3 Å². The molecule has 1 saturated heterocycles. The number of hydrogen-bond donors (Lipinski definition) is 0. The van der Waals surface area contributed by atoms with Gasteiger partial charge in [0.1, 0.15) is 5.78 Å². The Morgan fingerprint density at radius 1 is 1.40 bits per heavy atom. The number of nitrogens with zero attached hydrogens (tertiary/aromatic N) is 3. The molecule has 2 rings (SSSR count). The highest BCUT2D eigenvalue weighted by molar-refractivity contribution is 5.81. The third kappa shape index (κ3) is 3.16. The Bertz CT molecular complexity index is 308. The monoisotopic (exact) mass is 207 g/mol. The first-order chi connectivity index (χ1) is 7.34. The average molecular weight is 207 g/mol. The molecular weight excluding hydrogens is 190 g/mol. The topological polar surface area (TPSA) is 38.1 Å². The van der Waals surface area contributed by atoms with Gasteiger partial charge in [0.2, 0.25) is 0 Å². The van der Waals surface area contributed by atoms with E-state index in [0.29, 0.717) is 12.3 Å². The highest BCUT2D eigenvalue weighted by atomic mass is 16.1. The smallest absolute Gasteiger partial charge is 0.146 e. The molecule has 0 radical (unpaired) electrons. The fourth-order valence-corrected chi connectivity index (χ4v) is 1.99. The zero-order valence-corrected chi connectivity index (χ0v) is 8.93. The maximum absolute atomic E-state index is 11.2. The van der Waals surface area contributed by atoms with Crippen LogP contribution in [0.2, 0.25) is 0 Å². The number of ketones is 1. The molecule has 1 aliphatic heterocycles. The fourth-order valence-electron chi connectivity index (χ4n) is 1.99. The molecule has 0 unspecified atom stereocenters. The Hall–Kier alpha value is -1.16. The summed E-state index contributed by atoms with van der Waals surface area (Å²) in [4.78, 5) is 17.5. The quantitative estimate of drug-likeness (QED) is 0.737. The molecule has 0 saturated carbocycles. The van der Waals surface area contributed by atoms with Gasteiger partial charge in [0, 0.05) is 31.9 Å². The minimum absolute atomic E-state index is 0.392. The normalized spacial score (nSPS) is 18.3. The molecule has 2 heterocycles. The molecular formula is C11H17N3O. The van der Waals surface area contributed by atoms with Gasteiger partial charge < -0.3 is 4.57 Å². The molecule has 0 N–H and O–H groups in total. The molecule has 0 aliphatic carbocycles.